The average Bonchev–Trinajstić information content (AvgIpc) is 2.38. The number of nitrogens with zero attached hydrogens (tertiary/aromatic N) is 1. The zero-order valence-corrected chi connectivity index (χ0v) is 12.1. The fourth-order valence-corrected chi connectivity index (χ4v) is 2.13. The molecule has 0 aromatic heterocycles. The minimum absolute atomic E-state index is 0.521. The van der Waals surface area contributed by atoms with Crippen molar-refractivity contribution in [1.29, 1.82) is 0 Å². The lowest BCUT2D eigenvalue weighted by atomic mass is 10.2. The van der Waals surface area contributed by atoms with E-state index in [4.69, 9.17) is 0 Å². The van der Waals surface area contributed by atoms with Gasteiger partial charge in [0.1, 0.15) is 0 Å². The molecule has 114 valence electrons. The summed E-state index contributed by atoms with van der Waals surface area (Å²) < 4.78 is 37.7. The number of hydrogen-bond acceptors (Lipinski definition) is 2. The quantitative estimate of drug-likeness (QED) is 0.769. The highest BCUT2D eigenvalue weighted by molar-refractivity contribution is 5.46. The van der Waals surface area contributed by atoms with Crippen LogP contribution in [0.25, 0.3) is 0 Å². The van der Waals surface area contributed by atoms with Crippen molar-refractivity contribution in [2.45, 2.75) is 32.9 Å². The van der Waals surface area contributed by atoms with Crippen LogP contribution in [0.1, 0.15) is 32.3 Å². The first-order valence-electron chi connectivity index (χ1n) is 7.10. The summed E-state index contributed by atoms with van der Waals surface area (Å²) in [5.74, 6) is 0. The van der Waals surface area contributed by atoms with E-state index in [-0.39, 0.29) is 0 Å². The van der Waals surface area contributed by atoms with Crippen LogP contribution < -0.4 is 5.32 Å². The molecule has 0 fully saturated rings. The standard InChI is InChI=1S/C15H23F3N2/c1-3-9-20(10-4-2)11-8-19-14-7-5-6-13(12-14)15(16,17)18/h5-7,12,19H,3-4,8-11H2,1-2H3. The van der Waals surface area contributed by atoms with Crippen LogP contribution in [-0.4, -0.2) is 31.1 Å². The Morgan fingerprint density at radius 1 is 1.05 bits per heavy atom. The Hall–Kier alpha value is -1.23. The molecule has 0 aliphatic carbocycles. The molecule has 1 aromatic carbocycles. The predicted molar refractivity (Wildman–Crippen MR) is 77.0 cm³/mol. The zero-order valence-electron chi connectivity index (χ0n) is 12.1. The Kier molecular flexibility index (Phi) is 6.85. The predicted octanol–water partition coefficient (Wildman–Crippen LogP) is 4.24. The third kappa shape index (κ3) is 5.82. The molecule has 0 unspecified atom stereocenters. The van der Waals surface area contributed by atoms with Gasteiger partial charge in [0.15, 0.2) is 0 Å². The largest absolute Gasteiger partial charge is 0.416 e. The number of nitrogens with one attached hydrogen (secondary N) is 1. The van der Waals surface area contributed by atoms with Crippen molar-refractivity contribution in [3.05, 3.63) is 29.8 Å². The van der Waals surface area contributed by atoms with Crippen LogP contribution >= 0.6 is 0 Å². The lowest BCUT2D eigenvalue weighted by Crippen LogP contribution is -2.30. The van der Waals surface area contributed by atoms with Gasteiger partial charge in [-0.25, -0.2) is 0 Å². The van der Waals surface area contributed by atoms with Crippen LogP contribution in [-0.2, 0) is 6.18 Å². The van der Waals surface area contributed by atoms with E-state index in [0.717, 1.165) is 44.6 Å². The highest BCUT2D eigenvalue weighted by Gasteiger charge is 2.30. The van der Waals surface area contributed by atoms with E-state index in [1.54, 1.807) is 6.07 Å². The number of alkyl halides is 3. The first-order chi connectivity index (χ1) is 9.47. The maximum Gasteiger partial charge on any atom is 0.416 e. The fourth-order valence-electron chi connectivity index (χ4n) is 2.13. The zero-order chi connectivity index (χ0) is 15.0. The molecular weight excluding hydrogens is 265 g/mol. The number of anilines is 1. The molecule has 5 heteroatoms. The lowest BCUT2D eigenvalue weighted by molar-refractivity contribution is -0.137. The molecule has 1 rings (SSSR count). The summed E-state index contributed by atoms with van der Waals surface area (Å²) in [6.45, 7) is 7.81. The van der Waals surface area contributed by atoms with Gasteiger partial charge in [0, 0.05) is 18.8 Å². The van der Waals surface area contributed by atoms with Gasteiger partial charge in [0.05, 0.1) is 5.56 Å². The SMILES string of the molecule is CCCN(CCC)CCNc1cccc(C(F)(F)F)c1. The van der Waals surface area contributed by atoms with Gasteiger partial charge >= 0.3 is 6.18 Å². The summed E-state index contributed by atoms with van der Waals surface area (Å²) in [4.78, 5) is 2.32. The van der Waals surface area contributed by atoms with Crippen molar-refractivity contribution in [2.75, 3.05) is 31.5 Å². The van der Waals surface area contributed by atoms with Crippen LogP contribution in [0.2, 0.25) is 0 Å². The number of hydrogen-bond donors (Lipinski definition) is 1. The van der Waals surface area contributed by atoms with Crippen molar-refractivity contribution in [3.63, 3.8) is 0 Å². The molecule has 1 aromatic rings. The molecule has 0 aliphatic rings. The van der Waals surface area contributed by atoms with E-state index in [1.807, 2.05) is 0 Å². The van der Waals surface area contributed by atoms with Crippen LogP contribution in [0, 0.1) is 0 Å². The summed E-state index contributed by atoms with van der Waals surface area (Å²) in [7, 11) is 0. The molecule has 0 amide bonds. The van der Waals surface area contributed by atoms with Crippen molar-refractivity contribution < 1.29 is 13.2 Å². The van der Waals surface area contributed by atoms with Gasteiger partial charge in [-0.3, -0.25) is 0 Å². The molecule has 0 saturated heterocycles. The molecule has 2 nitrogen and oxygen atoms in total. The first-order valence-corrected chi connectivity index (χ1v) is 7.10. The molecule has 0 spiro atoms. The Labute approximate surface area is 119 Å². The molecule has 0 atom stereocenters. The van der Waals surface area contributed by atoms with E-state index < -0.39 is 11.7 Å². The van der Waals surface area contributed by atoms with E-state index in [9.17, 15) is 13.2 Å². The molecule has 1 N–H and O–H groups in total. The maximum atomic E-state index is 12.6. The Morgan fingerprint density at radius 2 is 1.70 bits per heavy atom. The van der Waals surface area contributed by atoms with E-state index in [0.29, 0.717) is 12.2 Å². The topological polar surface area (TPSA) is 15.3 Å². The maximum absolute atomic E-state index is 12.6. The van der Waals surface area contributed by atoms with Gasteiger partial charge in [0.2, 0.25) is 0 Å². The van der Waals surface area contributed by atoms with E-state index in [1.165, 1.54) is 6.07 Å². The number of benzene rings is 1. The van der Waals surface area contributed by atoms with Gasteiger partial charge in [-0.05, 0) is 44.1 Å². The summed E-state index contributed by atoms with van der Waals surface area (Å²) >= 11 is 0. The molecular formula is C15H23F3N2. The normalized spacial score (nSPS) is 11.9. The minimum Gasteiger partial charge on any atom is -0.384 e. The van der Waals surface area contributed by atoms with Crippen molar-refractivity contribution in [2.24, 2.45) is 0 Å². The molecule has 0 saturated carbocycles. The fraction of sp³-hybridized carbons (Fsp3) is 0.600. The number of halogens is 3. The lowest BCUT2D eigenvalue weighted by Gasteiger charge is -2.21. The van der Waals surface area contributed by atoms with Gasteiger partial charge in [-0.2, -0.15) is 13.2 Å². The summed E-state index contributed by atoms with van der Waals surface area (Å²) in [5.41, 5.74) is -0.0887. The van der Waals surface area contributed by atoms with Crippen molar-refractivity contribution in [3.8, 4) is 0 Å². The van der Waals surface area contributed by atoms with E-state index >= 15 is 0 Å². The second-order valence-corrected chi connectivity index (χ2v) is 4.85. The summed E-state index contributed by atoms with van der Waals surface area (Å²) in [6, 6.07) is 5.34. The van der Waals surface area contributed by atoms with Crippen molar-refractivity contribution >= 4 is 5.69 Å². The molecule has 0 bridgehead atoms. The Bertz CT molecular complexity index is 385. The second kappa shape index (κ2) is 8.15. The van der Waals surface area contributed by atoms with Gasteiger partial charge < -0.3 is 10.2 Å². The van der Waals surface area contributed by atoms with Crippen LogP contribution in [0.5, 0.6) is 0 Å². The summed E-state index contributed by atoms with van der Waals surface area (Å²) in [5, 5.41) is 3.06. The minimum atomic E-state index is -4.28. The monoisotopic (exact) mass is 288 g/mol. The van der Waals surface area contributed by atoms with E-state index in [2.05, 4.69) is 24.1 Å². The van der Waals surface area contributed by atoms with Crippen LogP contribution in [0.15, 0.2) is 24.3 Å². The van der Waals surface area contributed by atoms with Crippen LogP contribution in [0.4, 0.5) is 18.9 Å². The third-order valence-corrected chi connectivity index (χ3v) is 3.03. The second-order valence-electron chi connectivity index (χ2n) is 4.85. The third-order valence-electron chi connectivity index (χ3n) is 3.03. The van der Waals surface area contributed by atoms with Gasteiger partial charge in [0.25, 0.3) is 0 Å². The smallest absolute Gasteiger partial charge is 0.384 e. The Balaban J connectivity index is 2.49. The Morgan fingerprint density at radius 3 is 2.25 bits per heavy atom. The summed E-state index contributed by atoms with van der Waals surface area (Å²) in [6.07, 6.45) is -2.11. The highest BCUT2D eigenvalue weighted by atomic mass is 19.4. The molecule has 0 heterocycles. The molecule has 0 radical (unpaired) electrons. The number of rotatable bonds is 8. The highest BCUT2D eigenvalue weighted by Crippen LogP contribution is 2.30. The van der Waals surface area contributed by atoms with Gasteiger partial charge in [-0.15, -0.1) is 0 Å². The first kappa shape index (κ1) is 16.8. The molecule has 20 heavy (non-hydrogen) atoms. The van der Waals surface area contributed by atoms with Crippen molar-refractivity contribution in [1.82, 2.24) is 4.90 Å². The van der Waals surface area contributed by atoms with Crippen LogP contribution in [0.3, 0.4) is 0 Å². The average molecular weight is 288 g/mol. The van der Waals surface area contributed by atoms with Gasteiger partial charge in [-0.1, -0.05) is 19.9 Å². The molecule has 0 aliphatic heterocycles.